The molecule has 1 saturated heterocycles. The lowest BCUT2D eigenvalue weighted by Gasteiger charge is -2.33. The molecule has 2 rings (SSSR count). The number of aliphatic hydroxyl groups is 1. The molecule has 2 nitrogen and oxygen atoms in total. The summed E-state index contributed by atoms with van der Waals surface area (Å²) >= 11 is 0. The van der Waals surface area contributed by atoms with Gasteiger partial charge in [0.15, 0.2) is 0 Å². The highest BCUT2D eigenvalue weighted by atomic mass is 16.3. The van der Waals surface area contributed by atoms with E-state index in [1.165, 1.54) is 24.8 Å². The van der Waals surface area contributed by atoms with Gasteiger partial charge in [-0.25, -0.2) is 0 Å². The van der Waals surface area contributed by atoms with Gasteiger partial charge in [-0.05, 0) is 43.9 Å². The molecule has 0 aromatic heterocycles. The molecule has 0 bridgehead atoms. The molecular weight excluding hydrogens is 222 g/mol. The Labute approximate surface area is 110 Å². The molecule has 0 aliphatic carbocycles. The molecule has 2 heteroatoms. The minimum absolute atomic E-state index is 0.174. The summed E-state index contributed by atoms with van der Waals surface area (Å²) in [7, 11) is 0. The highest BCUT2D eigenvalue weighted by molar-refractivity contribution is 5.28. The Bertz CT molecular complexity index is 361. The van der Waals surface area contributed by atoms with Crippen LogP contribution in [0.3, 0.4) is 0 Å². The van der Waals surface area contributed by atoms with Crippen LogP contribution < -0.4 is 5.32 Å². The third kappa shape index (κ3) is 2.93. The lowest BCUT2D eigenvalue weighted by atomic mass is 9.85. The molecular formula is C16H25NO. The second kappa shape index (κ2) is 5.85. The summed E-state index contributed by atoms with van der Waals surface area (Å²) in [5.74, 6) is 0. The van der Waals surface area contributed by atoms with Crippen LogP contribution in [-0.4, -0.2) is 17.7 Å². The van der Waals surface area contributed by atoms with Gasteiger partial charge in [-0.1, -0.05) is 44.0 Å². The largest absolute Gasteiger partial charge is 0.384 e. The van der Waals surface area contributed by atoms with Gasteiger partial charge in [0.2, 0.25) is 0 Å². The zero-order chi connectivity index (χ0) is 13.0. The van der Waals surface area contributed by atoms with Crippen molar-refractivity contribution >= 4 is 0 Å². The molecule has 0 amide bonds. The van der Waals surface area contributed by atoms with E-state index in [1.807, 2.05) is 6.92 Å². The molecule has 0 spiro atoms. The van der Waals surface area contributed by atoms with Crippen LogP contribution in [-0.2, 0) is 12.0 Å². The van der Waals surface area contributed by atoms with Gasteiger partial charge in [-0.2, -0.15) is 0 Å². The monoisotopic (exact) mass is 247 g/mol. The summed E-state index contributed by atoms with van der Waals surface area (Å²) in [5.41, 5.74) is 1.58. The molecule has 2 atom stereocenters. The fraction of sp³-hybridized carbons (Fsp3) is 0.625. The summed E-state index contributed by atoms with van der Waals surface area (Å²) in [5, 5.41) is 14.3. The molecule has 0 saturated carbocycles. The van der Waals surface area contributed by atoms with Gasteiger partial charge < -0.3 is 10.4 Å². The zero-order valence-electron chi connectivity index (χ0n) is 11.6. The quantitative estimate of drug-likeness (QED) is 0.860. The van der Waals surface area contributed by atoms with Crippen molar-refractivity contribution in [1.29, 1.82) is 0 Å². The highest BCUT2D eigenvalue weighted by Crippen LogP contribution is 2.29. The SMILES string of the molecule is CCc1ccc(C(C)(O)C2CCCCCN2)cc1. The van der Waals surface area contributed by atoms with Gasteiger partial charge in [0.1, 0.15) is 5.60 Å². The molecule has 1 aromatic carbocycles. The van der Waals surface area contributed by atoms with Crippen molar-refractivity contribution in [2.24, 2.45) is 0 Å². The number of hydrogen-bond acceptors (Lipinski definition) is 2. The van der Waals surface area contributed by atoms with Crippen molar-refractivity contribution in [3.63, 3.8) is 0 Å². The van der Waals surface area contributed by atoms with E-state index in [2.05, 4.69) is 36.5 Å². The highest BCUT2D eigenvalue weighted by Gasteiger charge is 2.33. The standard InChI is InChI=1S/C16H25NO/c1-3-13-8-10-14(11-9-13)16(2,18)15-7-5-4-6-12-17-15/h8-11,15,17-18H,3-7,12H2,1-2H3. The van der Waals surface area contributed by atoms with Gasteiger partial charge >= 0.3 is 0 Å². The average molecular weight is 247 g/mol. The van der Waals surface area contributed by atoms with Crippen molar-refractivity contribution in [2.75, 3.05) is 6.54 Å². The lowest BCUT2D eigenvalue weighted by Crippen LogP contribution is -2.46. The molecule has 0 radical (unpaired) electrons. The summed E-state index contributed by atoms with van der Waals surface area (Å²) in [6, 6.07) is 8.57. The first-order valence-corrected chi connectivity index (χ1v) is 7.19. The Morgan fingerprint density at radius 3 is 2.61 bits per heavy atom. The van der Waals surface area contributed by atoms with E-state index < -0.39 is 5.60 Å². The number of hydrogen-bond donors (Lipinski definition) is 2. The molecule has 100 valence electrons. The van der Waals surface area contributed by atoms with Gasteiger partial charge in [0, 0.05) is 6.04 Å². The zero-order valence-corrected chi connectivity index (χ0v) is 11.6. The Kier molecular flexibility index (Phi) is 4.41. The number of aryl methyl sites for hydroxylation is 1. The maximum absolute atomic E-state index is 10.8. The van der Waals surface area contributed by atoms with Crippen LogP contribution in [0.1, 0.15) is 50.7 Å². The van der Waals surface area contributed by atoms with E-state index in [0.717, 1.165) is 24.9 Å². The molecule has 1 aliphatic heterocycles. The van der Waals surface area contributed by atoms with Gasteiger partial charge in [-0.15, -0.1) is 0 Å². The molecule has 1 aromatic rings. The van der Waals surface area contributed by atoms with Gasteiger partial charge in [0.25, 0.3) is 0 Å². The van der Waals surface area contributed by atoms with Crippen molar-refractivity contribution in [2.45, 2.75) is 57.6 Å². The topological polar surface area (TPSA) is 32.3 Å². The van der Waals surface area contributed by atoms with Crippen LogP contribution in [0.5, 0.6) is 0 Å². The molecule has 1 aliphatic rings. The Balaban J connectivity index is 2.16. The third-order valence-corrected chi connectivity index (χ3v) is 4.19. The normalized spacial score (nSPS) is 24.3. The first-order valence-electron chi connectivity index (χ1n) is 7.19. The first-order chi connectivity index (χ1) is 8.64. The molecule has 2 N–H and O–H groups in total. The molecule has 1 heterocycles. The molecule has 1 fully saturated rings. The van der Waals surface area contributed by atoms with E-state index in [1.54, 1.807) is 0 Å². The molecule has 18 heavy (non-hydrogen) atoms. The third-order valence-electron chi connectivity index (χ3n) is 4.19. The van der Waals surface area contributed by atoms with Crippen molar-refractivity contribution in [3.8, 4) is 0 Å². The Morgan fingerprint density at radius 2 is 1.94 bits per heavy atom. The Morgan fingerprint density at radius 1 is 1.22 bits per heavy atom. The van der Waals surface area contributed by atoms with Crippen LogP contribution in [0, 0.1) is 0 Å². The van der Waals surface area contributed by atoms with E-state index in [0.29, 0.717) is 0 Å². The van der Waals surface area contributed by atoms with Crippen LogP contribution in [0.15, 0.2) is 24.3 Å². The van der Waals surface area contributed by atoms with Crippen LogP contribution in [0.2, 0.25) is 0 Å². The number of benzene rings is 1. The van der Waals surface area contributed by atoms with Crippen molar-refractivity contribution < 1.29 is 5.11 Å². The van der Waals surface area contributed by atoms with Crippen molar-refractivity contribution in [1.82, 2.24) is 5.32 Å². The summed E-state index contributed by atoms with van der Waals surface area (Å²) in [4.78, 5) is 0. The van der Waals surface area contributed by atoms with Crippen LogP contribution in [0.4, 0.5) is 0 Å². The maximum atomic E-state index is 10.8. The predicted octanol–water partition coefficient (Wildman–Crippen LogP) is 2.99. The first kappa shape index (κ1) is 13.6. The number of rotatable bonds is 3. The van der Waals surface area contributed by atoms with Crippen LogP contribution in [0.25, 0.3) is 0 Å². The van der Waals surface area contributed by atoms with Gasteiger partial charge in [-0.3, -0.25) is 0 Å². The fourth-order valence-corrected chi connectivity index (χ4v) is 2.79. The smallest absolute Gasteiger partial charge is 0.102 e. The van der Waals surface area contributed by atoms with Gasteiger partial charge in [0.05, 0.1) is 0 Å². The lowest BCUT2D eigenvalue weighted by molar-refractivity contribution is 0.0136. The predicted molar refractivity (Wildman–Crippen MR) is 75.6 cm³/mol. The summed E-state index contributed by atoms with van der Waals surface area (Å²) in [6.07, 6.45) is 5.81. The maximum Gasteiger partial charge on any atom is 0.102 e. The number of nitrogens with one attached hydrogen (secondary N) is 1. The second-order valence-corrected chi connectivity index (χ2v) is 5.55. The molecule has 2 unspecified atom stereocenters. The van der Waals surface area contributed by atoms with Crippen LogP contribution >= 0.6 is 0 Å². The van der Waals surface area contributed by atoms with E-state index in [-0.39, 0.29) is 6.04 Å². The average Bonchev–Trinajstić information content (AvgIpc) is 2.68. The summed E-state index contributed by atoms with van der Waals surface area (Å²) < 4.78 is 0. The fourth-order valence-electron chi connectivity index (χ4n) is 2.79. The summed E-state index contributed by atoms with van der Waals surface area (Å²) in [6.45, 7) is 5.12. The second-order valence-electron chi connectivity index (χ2n) is 5.55. The minimum atomic E-state index is -0.767. The van der Waals surface area contributed by atoms with E-state index in [4.69, 9.17) is 0 Å². The minimum Gasteiger partial charge on any atom is -0.384 e. The Hall–Kier alpha value is -0.860. The van der Waals surface area contributed by atoms with E-state index >= 15 is 0 Å². The van der Waals surface area contributed by atoms with E-state index in [9.17, 15) is 5.11 Å². The van der Waals surface area contributed by atoms with Crippen molar-refractivity contribution in [3.05, 3.63) is 35.4 Å².